The summed E-state index contributed by atoms with van der Waals surface area (Å²) in [4.78, 5) is 12.2. The number of nitrogens with one attached hydrogen (secondary N) is 2. The molecule has 0 bridgehead atoms. The Morgan fingerprint density at radius 3 is 2.07 bits per heavy atom. The number of hydrogen-bond donors (Lipinski definition) is 3. The van der Waals surface area contributed by atoms with E-state index < -0.39 is 32.0 Å². The number of amides is 1. The molecule has 0 spiro atoms. The van der Waals surface area contributed by atoms with Crippen LogP contribution in [0.25, 0.3) is 0 Å². The molecule has 9 nitrogen and oxygen atoms in total. The zero-order valence-corrected chi connectivity index (χ0v) is 17.6. The van der Waals surface area contributed by atoms with Gasteiger partial charge < -0.3 is 10.1 Å². The van der Waals surface area contributed by atoms with Gasteiger partial charge in [0.1, 0.15) is 5.75 Å². The summed E-state index contributed by atoms with van der Waals surface area (Å²) in [5.41, 5.74) is 0.632. The van der Waals surface area contributed by atoms with Crippen molar-refractivity contribution in [1.82, 2.24) is 10.0 Å². The minimum absolute atomic E-state index is 0.0131. The fourth-order valence-corrected chi connectivity index (χ4v) is 4.09. The number of primary sulfonamides is 1. The van der Waals surface area contributed by atoms with Crippen LogP contribution in [0.15, 0.2) is 58.3 Å². The Labute approximate surface area is 170 Å². The predicted molar refractivity (Wildman–Crippen MR) is 107 cm³/mol. The third kappa shape index (κ3) is 6.53. The van der Waals surface area contributed by atoms with E-state index >= 15 is 0 Å². The lowest BCUT2D eigenvalue weighted by Crippen LogP contribution is -2.44. The maximum atomic E-state index is 12.4. The number of rotatable bonds is 9. The lowest BCUT2D eigenvalue weighted by atomic mass is 10.2. The third-order valence-corrected chi connectivity index (χ3v) is 6.37. The van der Waals surface area contributed by atoms with Crippen LogP contribution in [-0.4, -0.2) is 35.4 Å². The lowest BCUT2D eigenvalue weighted by molar-refractivity contribution is -0.122. The molecule has 0 saturated carbocycles. The van der Waals surface area contributed by atoms with Crippen LogP contribution in [-0.2, 0) is 31.4 Å². The van der Waals surface area contributed by atoms with Gasteiger partial charge in [-0.25, -0.2) is 22.0 Å². The smallest absolute Gasteiger partial charge is 0.241 e. The molecule has 0 fully saturated rings. The first-order valence-electron chi connectivity index (χ1n) is 8.67. The van der Waals surface area contributed by atoms with Gasteiger partial charge in [-0.15, -0.1) is 0 Å². The van der Waals surface area contributed by atoms with Gasteiger partial charge in [0.15, 0.2) is 0 Å². The van der Waals surface area contributed by atoms with E-state index in [1.807, 2.05) is 6.92 Å². The predicted octanol–water partition coefficient (Wildman–Crippen LogP) is 0.716. The highest BCUT2D eigenvalue weighted by atomic mass is 32.2. The van der Waals surface area contributed by atoms with Gasteiger partial charge in [-0.2, -0.15) is 4.72 Å². The molecular weight excluding hydrogens is 418 g/mol. The van der Waals surface area contributed by atoms with Crippen LogP contribution in [0.3, 0.4) is 0 Å². The van der Waals surface area contributed by atoms with E-state index in [1.54, 1.807) is 0 Å². The van der Waals surface area contributed by atoms with Crippen molar-refractivity contribution >= 4 is 26.0 Å². The summed E-state index contributed by atoms with van der Waals surface area (Å²) < 4.78 is 54.9. The maximum Gasteiger partial charge on any atom is 0.241 e. The van der Waals surface area contributed by atoms with Gasteiger partial charge in [-0.05, 0) is 55.8 Å². The van der Waals surface area contributed by atoms with E-state index in [2.05, 4.69) is 10.0 Å². The second-order valence-corrected chi connectivity index (χ2v) is 9.43. The number of nitrogens with two attached hydrogens (primary N) is 1. The van der Waals surface area contributed by atoms with Crippen molar-refractivity contribution in [3.8, 4) is 5.75 Å². The van der Waals surface area contributed by atoms with Crippen LogP contribution in [0.4, 0.5) is 0 Å². The Balaban J connectivity index is 1.95. The zero-order chi connectivity index (χ0) is 21.7. The molecule has 11 heteroatoms. The average Bonchev–Trinajstić information content (AvgIpc) is 2.66. The van der Waals surface area contributed by atoms with Gasteiger partial charge in [0.2, 0.25) is 26.0 Å². The van der Waals surface area contributed by atoms with Crippen molar-refractivity contribution in [2.45, 2.75) is 36.2 Å². The van der Waals surface area contributed by atoms with Crippen LogP contribution < -0.4 is 19.9 Å². The number of benzene rings is 2. The molecule has 1 atom stereocenters. The molecule has 0 aliphatic carbocycles. The Hall–Kier alpha value is -2.47. The summed E-state index contributed by atoms with van der Waals surface area (Å²) >= 11 is 0. The Morgan fingerprint density at radius 1 is 1.00 bits per heavy atom. The average molecular weight is 442 g/mol. The normalized spacial score (nSPS) is 12.9. The molecule has 2 aromatic carbocycles. The topological polar surface area (TPSA) is 145 Å². The SMILES string of the molecule is CCOc1ccc(S(=O)(=O)N[C@H](C)C(=O)NCc2ccc(S(N)(=O)=O)cc2)cc1. The van der Waals surface area contributed by atoms with Crippen molar-refractivity contribution in [1.29, 1.82) is 0 Å². The van der Waals surface area contributed by atoms with E-state index in [0.29, 0.717) is 17.9 Å². The highest BCUT2D eigenvalue weighted by molar-refractivity contribution is 7.89. The van der Waals surface area contributed by atoms with E-state index in [1.165, 1.54) is 55.5 Å². The molecule has 2 aromatic rings. The van der Waals surface area contributed by atoms with Gasteiger partial charge in [0, 0.05) is 6.54 Å². The summed E-state index contributed by atoms with van der Waals surface area (Å²) in [7, 11) is -7.68. The first-order chi connectivity index (χ1) is 13.5. The summed E-state index contributed by atoms with van der Waals surface area (Å²) in [5, 5.41) is 7.62. The number of hydrogen-bond acceptors (Lipinski definition) is 6. The molecule has 0 heterocycles. The monoisotopic (exact) mass is 441 g/mol. The van der Waals surface area contributed by atoms with Crippen LogP contribution in [0.1, 0.15) is 19.4 Å². The Bertz CT molecular complexity index is 1050. The minimum Gasteiger partial charge on any atom is -0.494 e. The van der Waals surface area contributed by atoms with E-state index in [0.717, 1.165) is 0 Å². The third-order valence-electron chi connectivity index (χ3n) is 3.89. The number of carbonyl (C=O) groups is 1. The van der Waals surface area contributed by atoms with Crippen molar-refractivity contribution < 1.29 is 26.4 Å². The molecule has 0 aliphatic heterocycles. The maximum absolute atomic E-state index is 12.4. The minimum atomic E-state index is -3.89. The van der Waals surface area contributed by atoms with E-state index in [4.69, 9.17) is 9.88 Å². The Kier molecular flexibility index (Phi) is 7.36. The lowest BCUT2D eigenvalue weighted by Gasteiger charge is -2.15. The largest absolute Gasteiger partial charge is 0.494 e. The summed E-state index contributed by atoms with van der Waals surface area (Å²) in [6, 6.07) is 10.5. The van der Waals surface area contributed by atoms with E-state index in [-0.39, 0.29) is 16.3 Å². The molecule has 0 aromatic heterocycles. The first kappa shape index (κ1) is 22.8. The van der Waals surface area contributed by atoms with Crippen LogP contribution in [0.5, 0.6) is 5.75 Å². The molecule has 158 valence electrons. The first-order valence-corrected chi connectivity index (χ1v) is 11.7. The molecule has 0 saturated heterocycles. The molecule has 2 rings (SSSR count). The van der Waals surface area contributed by atoms with Crippen molar-refractivity contribution in [2.24, 2.45) is 5.14 Å². The molecule has 0 radical (unpaired) electrons. The van der Waals surface area contributed by atoms with Gasteiger partial charge in [-0.1, -0.05) is 12.1 Å². The van der Waals surface area contributed by atoms with Gasteiger partial charge >= 0.3 is 0 Å². The van der Waals surface area contributed by atoms with Gasteiger partial charge in [-0.3, -0.25) is 4.79 Å². The summed E-state index contributed by atoms with van der Waals surface area (Å²) in [6.45, 7) is 3.80. The second-order valence-electron chi connectivity index (χ2n) is 6.15. The molecule has 1 amide bonds. The standard InChI is InChI=1S/C18H23N3O6S2/c1-3-27-15-6-10-17(11-7-15)29(25,26)21-13(2)18(22)20-12-14-4-8-16(9-5-14)28(19,23)24/h4-11,13,21H,3,12H2,1-2H3,(H,20,22)(H2,19,23,24)/t13-/m1/s1. The molecule has 29 heavy (non-hydrogen) atoms. The van der Waals surface area contributed by atoms with Crippen molar-refractivity contribution in [3.05, 3.63) is 54.1 Å². The Morgan fingerprint density at radius 2 is 1.55 bits per heavy atom. The van der Waals surface area contributed by atoms with Crippen LogP contribution in [0, 0.1) is 0 Å². The van der Waals surface area contributed by atoms with Gasteiger partial charge in [0.05, 0.1) is 22.4 Å². The number of sulfonamides is 2. The number of ether oxygens (including phenoxy) is 1. The molecule has 0 unspecified atom stereocenters. The molecular formula is C18H23N3O6S2. The van der Waals surface area contributed by atoms with Crippen molar-refractivity contribution in [3.63, 3.8) is 0 Å². The highest BCUT2D eigenvalue weighted by Gasteiger charge is 2.22. The molecule has 4 N–H and O–H groups in total. The fourth-order valence-electron chi connectivity index (χ4n) is 2.38. The zero-order valence-electron chi connectivity index (χ0n) is 16.0. The van der Waals surface area contributed by atoms with E-state index in [9.17, 15) is 21.6 Å². The second kappa shape index (κ2) is 9.35. The summed E-state index contributed by atoms with van der Waals surface area (Å²) in [6.07, 6.45) is 0. The van der Waals surface area contributed by atoms with Gasteiger partial charge in [0.25, 0.3) is 0 Å². The highest BCUT2D eigenvalue weighted by Crippen LogP contribution is 2.16. The van der Waals surface area contributed by atoms with Crippen molar-refractivity contribution in [2.75, 3.05) is 6.61 Å². The quantitative estimate of drug-likeness (QED) is 0.523. The summed E-state index contributed by atoms with van der Waals surface area (Å²) in [5.74, 6) is 0.0146. The number of carbonyl (C=O) groups excluding carboxylic acids is 1. The van der Waals surface area contributed by atoms with Crippen LogP contribution >= 0.6 is 0 Å². The van der Waals surface area contributed by atoms with Crippen LogP contribution in [0.2, 0.25) is 0 Å². The fraction of sp³-hybridized carbons (Fsp3) is 0.278. The molecule has 0 aliphatic rings.